The summed E-state index contributed by atoms with van der Waals surface area (Å²) in [6.07, 6.45) is 1.00. The Morgan fingerprint density at radius 3 is 1.67 bits per heavy atom. The van der Waals surface area contributed by atoms with Crippen molar-refractivity contribution in [2.75, 3.05) is 6.26 Å². The Morgan fingerprint density at radius 1 is 1.05 bits per heavy atom. The Labute approximate surface area is 122 Å². The van der Waals surface area contributed by atoms with E-state index in [9.17, 15) is 21.6 Å². The highest BCUT2D eigenvalue weighted by molar-refractivity contribution is 7.90. The van der Waals surface area contributed by atoms with Gasteiger partial charge in [0.1, 0.15) is 4.90 Å². The van der Waals surface area contributed by atoms with Crippen LogP contribution in [0.2, 0.25) is 0 Å². The lowest BCUT2D eigenvalue weighted by molar-refractivity contribution is -0.131. The molecule has 11 heteroatoms. The second kappa shape index (κ2) is 7.04. The summed E-state index contributed by atoms with van der Waals surface area (Å²) >= 11 is 0. The highest BCUT2D eigenvalue weighted by atomic mass is 32.2. The molecule has 5 N–H and O–H groups in total. The Kier molecular flexibility index (Phi) is 6.32. The number of carbonyl (C=O) groups excluding carboxylic acids is 1. The number of benzene rings is 1. The van der Waals surface area contributed by atoms with Crippen LogP contribution in [0.3, 0.4) is 0 Å². The maximum Gasteiger partial charge on any atom is 0.341 e. The molecule has 0 amide bonds. The van der Waals surface area contributed by atoms with Crippen LogP contribution in [-0.2, 0) is 28.9 Å². The summed E-state index contributed by atoms with van der Waals surface area (Å²) < 4.78 is 49.2. The normalized spacial score (nSPS) is 11.0. The SMILES string of the molecule is CC(=O)OS(=O)(=O)c1ccc(S(C)(=O)=O)cc1.N=C(N)N. The molecule has 9 nitrogen and oxygen atoms in total. The Balaban J connectivity index is 0.000000885. The molecule has 0 fully saturated rings. The van der Waals surface area contributed by atoms with Crippen molar-refractivity contribution in [3.8, 4) is 0 Å². The van der Waals surface area contributed by atoms with Gasteiger partial charge >= 0.3 is 16.1 Å². The second-order valence-corrected chi connectivity index (χ2v) is 7.29. The Morgan fingerprint density at radius 2 is 1.38 bits per heavy atom. The van der Waals surface area contributed by atoms with Gasteiger partial charge in [-0.25, -0.2) is 8.42 Å². The summed E-state index contributed by atoms with van der Waals surface area (Å²) in [6.45, 7) is 0.961. The third-order valence-corrected chi connectivity index (χ3v) is 4.20. The monoisotopic (exact) mass is 337 g/mol. The number of guanidine groups is 1. The van der Waals surface area contributed by atoms with Crippen LogP contribution in [0.1, 0.15) is 6.92 Å². The molecule has 0 saturated carbocycles. The fourth-order valence-corrected chi connectivity index (χ4v) is 2.56. The van der Waals surface area contributed by atoms with E-state index in [1.54, 1.807) is 0 Å². The molecule has 0 aromatic heterocycles. The quantitative estimate of drug-likeness (QED) is 0.365. The van der Waals surface area contributed by atoms with E-state index >= 15 is 0 Å². The number of sulfone groups is 1. The zero-order chi connectivity index (χ0) is 16.8. The van der Waals surface area contributed by atoms with Crippen LogP contribution in [0.15, 0.2) is 34.1 Å². The summed E-state index contributed by atoms with van der Waals surface area (Å²) in [6, 6.07) is 4.39. The molecule has 0 heterocycles. The number of hydrogen-bond donors (Lipinski definition) is 3. The summed E-state index contributed by atoms with van der Waals surface area (Å²) in [5, 5.41) is 6.06. The lowest BCUT2D eigenvalue weighted by Gasteiger charge is -2.04. The number of nitrogens with one attached hydrogen (secondary N) is 1. The third-order valence-electron chi connectivity index (χ3n) is 1.77. The molecule has 0 aliphatic rings. The number of rotatable bonds is 3. The van der Waals surface area contributed by atoms with E-state index in [1.165, 1.54) is 0 Å². The minimum absolute atomic E-state index is 0.0146. The Hall–Kier alpha value is -2.14. The molecule has 0 saturated heterocycles. The van der Waals surface area contributed by atoms with Gasteiger partial charge in [0.05, 0.1) is 4.90 Å². The van der Waals surface area contributed by atoms with Gasteiger partial charge in [-0.3, -0.25) is 10.2 Å². The molecule has 0 aliphatic carbocycles. The highest BCUT2D eigenvalue weighted by Crippen LogP contribution is 2.16. The van der Waals surface area contributed by atoms with Gasteiger partial charge in [0.2, 0.25) is 0 Å². The van der Waals surface area contributed by atoms with Gasteiger partial charge in [0.15, 0.2) is 15.8 Å². The maximum absolute atomic E-state index is 11.4. The molecule has 1 rings (SSSR count). The van der Waals surface area contributed by atoms with Gasteiger partial charge in [-0.05, 0) is 24.3 Å². The lowest BCUT2D eigenvalue weighted by atomic mass is 10.4. The van der Waals surface area contributed by atoms with E-state index in [2.05, 4.69) is 15.7 Å². The van der Waals surface area contributed by atoms with Crippen molar-refractivity contribution in [2.45, 2.75) is 16.7 Å². The molecule has 0 spiro atoms. The van der Waals surface area contributed by atoms with E-state index in [-0.39, 0.29) is 15.8 Å². The van der Waals surface area contributed by atoms with E-state index in [0.29, 0.717) is 0 Å². The molecular weight excluding hydrogens is 322 g/mol. The molecule has 0 bridgehead atoms. The van der Waals surface area contributed by atoms with Crippen molar-refractivity contribution in [1.82, 2.24) is 0 Å². The first-order valence-corrected chi connectivity index (χ1v) is 8.51. The third kappa shape index (κ3) is 7.27. The van der Waals surface area contributed by atoms with Gasteiger partial charge in [-0.2, -0.15) is 8.42 Å². The summed E-state index contributed by atoms with van der Waals surface area (Å²) in [7, 11) is -7.56. The van der Waals surface area contributed by atoms with Crippen molar-refractivity contribution in [2.24, 2.45) is 11.5 Å². The molecule has 1 aromatic carbocycles. The fourth-order valence-electron chi connectivity index (χ4n) is 1.06. The topological polar surface area (TPSA) is 170 Å². The first kappa shape index (κ1) is 18.9. The summed E-state index contributed by atoms with van der Waals surface area (Å²) in [5.41, 5.74) is 8.94. The van der Waals surface area contributed by atoms with Gasteiger partial charge < -0.3 is 15.7 Å². The van der Waals surface area contributed by atoms with Crippen LogP contribution in [0.4, 0.5) is 0 Å². The molecule has 0 atom stereocenters. The highest BCUT2D eigenvalue weighted by Gasteiger charge is 2.18. The van der Waals surface area contributed by atoms with E-state index < -0.39 is 25.9 Å². The van der Waals surface area contributed by atoms with E-state index in [1.807, 2.05) is 0 Å². The summed E-state index contributed by atoms with van der Waals surface area (Å²) in [5.74, 6) is -1.29. The van der Waals surface area contributed by atoms with Gasteiger partial charge in [0.25, 0.3) is 0 Å². The van der Waals surface area contributed by atoms with Crippen LogP contribution in [-0.4, -0.2) is 35.0 Å². The fraction of sp³-hybridized carbons (Fsp3) is 0.200. The largest absolute Gasteiger partial charge is 0.370 e. The van der Waals surface area contributed by atoms with Crippen molar-refractivity contribution in [1.29, 1.82) is 5.41 Å². The number of carbonyl (C=O) groups is 1. The minimum Gasteiger partial charge on any atom is -0.370 e. The Bertz CT molecular complexity index is 719. The predicted molar refractivity (Wildman–Crippen MR) is 74.6 cm³/mol. The number of hydrogen-bond acceptors (Lipinski definition) is 7. The molecule has 0 radical (unpaired) electrons. The molecule has 118 valence electrons. The number of nitrogens with two attached hydrogens (primary N) is 2. The van der Waals surface area contributed by atoms with Crippen LogP contribution in [0.5, 0.6) is 0 Å². The maximum atomic E-state index is 11.4. The molecular formula is C10H15N3O6S2. The lowest BCUT2D eigenvalue weighted by Crippen LogP contribution is -2.20. The van der Waals surface area contributed by atoms with Crippen LogP contribution >= 0.6 is 0 Å². The second-order valence-electron chi connectivity index (χ2n) is 3.73. The van der Waals surface area contributed by atoms with Gasteiger partial charge in [-0.1, -0.05) is 0 Å². The predicted octanol–water partition coefficient (Wildman–Crippen LogP) is -0.820. The van der Waals surface area contributed by atoms with Crippen molar-refractivity contribution < 1.29 is 25.8 Å². The van der Waals surface area contributed by atoms with Crippen LogP contribution in [0, 0.1) is 5.41 Å². The van der Waals surface area contributed by atoms with Gasteiger partial charge in [-0.15, -0.1) is 0 Å². The first-order valence-electron chi connectivity index (χ1n) is 5.21. The molecule has 1 aromatic rings. The minimum atomic E-state index is -4.17. The van der Waals surface area contributed by atoms with Crippen molar-refractivity contribution in [3.05, 3.63) is 24.3 Å². The smallest absolute Gasteiger partial charge is 0.341 e. The van der Waals surface area contributed by atoms with Crippen LogP contribution in [0.25, 0.3) is 0 Å². The molecule has 0 aliphatic heterocycles. The van der Waals surface area contributed by atoms with Crippen molar-refractivity contribution in [3.63, 3.8) is 0 Å². The van der Waals surface area contributed by atoms with Crippen LogP contribution < -0.4 is 11.5 Å². The van der Waals surface area contributed by atoms with Crippen molar-refractivity contribution >= 4 is 31.9 Å². The first-order chi connectivity index (χ1) is 9.36. The zero-order valence-corrected chi connectivity index (χ0v) is 12.9. The average molecular weight is 337 g/mol. The average Bonchev–Trinajstić information content (AvgIpc) is 2.25. The van der Waals surface area contributed by atoms with E-state index in [0.717, 1.165) is 37.4 Å². The molecule has 21 heavy (non-hydrogen) atoms. The molecule has 0 unspecified atom stereocenters. The summed E-state index contributed by atoms with van der Waals surface area (Å²) in [4.78, 5) is 10.3. The van der Waals surface area contributed by atoms with Gasteiger partial charge in [0, 0.05) is 13.2 Å². The standard InChI is InChI=1S/C9H10O6S2.CH5N3/c1-7(10)15-17(13,14)9-5-3-8(4-6-9)16(2,11)12;2-1(3)4/h3-6H,1-2H3;(H5,2,3,4). The zero-order valence-electron chi connectivity index (χ0n) is 11.2. The van der Waals surface area contributed by atoms with E-state index in [4.69, 9.17) is 5.41 Å².